The minimum Gasteiger partial charge on any atom is -0.496 e. The summed E-state index contributed by atoms with van der Waals surface area (Å²) < 4.78 is 5.24. The molecule has 21 heavy (non-hydrogen) atoms. The molecule has 0 saturated carbocycles. The molecule has 0 fully saturated rings. The van der Waals surface area contributed by atoms with Gasteiger partial charge in [0.2, 0.25) is 0 Å². The van der Waals surface area contributed by atoms with Gasteiger partial charge in [-0.2, -0.15) is 0 Å². The number of rotatable bonds is 6. The molecule has 2 aromatic rings. The predicted octanol–water partition coefficient (Wildman–Crippen LogP) is 3.85. The Morgan fingerprint density at radius 3 is 2.48 bits per heavy atom. The van der Waals surface area contributed by atoms with Gasteiger partial charge in [-0.25, -0.2) is 0 Å². The van der Waals surface area contributed by atoms with Gasteiger partial charge in [0.1, 0.15) is 5.75 Å². The monoisotopic (exact) mass is 283 g/mol. The van der Waals surface area contributed by atoms with Gasteiger partial charge in [-0.05, 0) is 30.5 Å². The van der Waals surface area contributed by atoms with Gasteiger partial charge < -0.3 is 10.5 Å². The molecule has 0 heterocycles. The van der Waals surface area contributed by atoms with Crippen molar-refractivity contribution in [3.05, 3.63) is 59.2 Å². The van der Waals surface area contributed by atoms with E-state index in [-0.39, 0.29) is 5.78 Å². The number of hydrogen-bond donors (Lipinski definition) is 1. The molecule has 0 bridgehead atoms. The zero-order valence-electron chi connectivity index (χ0n) is 12.6. The Hall–Kier alpha value is -2.29. The molecule has 0 radical (unpaired) electrons. The number of carbonyl (C=O) groups is 1. The molecule has 0 atom stereocenters. The maximum absolute atomic E-state index is 12.5. The fraction of sp³-hybridized carbons (Fsp3) is 0.278. The van der Waals surface area contributed by atoms with Crippen LogP contribution in [0.4, 0.5) is 5.69 Å². The van der Waals surface area contributed by atoms with Crippen LogP contribution in [-0.4, -0.2) is 12.9 Å². The number of nitrogen functional groups attached to an aromatic ring is 1. The second kappa shape index (κ2) is 6.93. The Morgan fingerprint density at radius 2 is 1.86 bits per heavy atom. The van der Waals surface area contributed by atoms with Crippen molar-refractivity contribution in [2.45, 2.75) is 26.2 Å². The Morgan fingerprint density at radius 1 is 1.14 bits per heavy atom. The Balaban J connectivity index is 2.23. The zero-order valence-corrected chi connectivity index (χ0v) is 12.6. The lowest BCUT2D eigenvalue weighted by Gasteiger charge is -2.09. The number of ketones is 1. The SMILES string of the molecule is CCCCc1ccc(C(=O)c2ccc(N)cc2OC)cc1. The molecule has 3 heteroatoms. The van der Waals surface area contributed by atoms with E-state index < -0.39 is 0 Å². The summed E-state index contributed by atoms with van der Waals surface area (Å²) in [7, 11) is 1.54. The summed E-state index contributed by atoms with van der Waals surface area (Å²) in [4.78, 5) is 12.5. The van der Waals surface area contributed by atoms with Crippen LogP contribution in [0.5, 0.6) is 5.75 Å². The molecule has 0 amide bonds. The van der Waals surface area contributed by atoms with E-state index in [2.05, 4.69) is 6.92 Å². The van der Waals surface area contributed by atoms with E-state index in [0.29, 0.717) is 22.6 Å². The molecular weight excluding hydrogens is 262 g/mol. The third kappa shape index (κ3) is 3.63. The van der Waals surface area contributed by atoms with Crippen molar-refractivity contribution in [1.82, 2.24) is 0 Å². The van der Waals surface area contributed by atoms with E-state index >= 15 is 0 Å². The lowest BCUT2D eigenvalue weighted by atomic mass is 9.99. The van der Waals surface area contributed by atoms with Crippen LogP contribution in [-0.2, 0) is 6.42 Å². The van der Waals surface area contributed by atoms with Crippen molar-refractivity contribution in [2.24, 2.45) is 0 Å². The largest absolute Gasteiger partial charge is 0.496 e. The molecule has 0 spiro atoms. The highest BCUT2D eigenvalue weighted by atomic mass is 16.5. The van der Waals surface area contributed by atoms with E-state index in [9.17, 15) is 4.79 Å². The first kappa shape index (κ1) is 15.1. The van der Waals surface area contributed by atoms with Gasteiger partial charge in [-0.3, -0.25) is 4.79 Å². The van der Waals surface area contributed by atoms with Crippen LogP contribution in [0.15, 0.2) is 42.5 Å². The lowest BCUT2D eigenvalue weighted by molar-refractivity contribution is 0.103. The van der Waals surface area contributed by atoms with Crippen LogP contribution in [0.3, 0.4) is 0 Å². The smallest absolute Gasteiger partial charge is 0.196 e. The van der Waals surface area contributed by atoms with E-state index in [0.717, 1.165) is 6.42 Å². The van der Waals surface area contributed by atoms with Gasteiger partial charge in [0.25, 0.3) is 0 Å². The average Bonchev–Trinajstić information content (AvgIpc) is 2.52. The van der Waals surface area contributed by atoms with E-state index in [1.54, 1.807) is 25.3 Å². The molecule has 0 aliphatic heterocycles. The number of methoxy groups -OCH3 is 1. The third-order valence-corrected chi connectivity index (χ3v) is 3.51. The van der Waals surface area contributed by atoms with Crippen LogP contribution < -0.4 is 10.5 Å². The highest BCUT2D eigenvalue weighted by Gasteiger charge is 2.14. The minimum absolute atomic E-state index is 0.0473. The van der Waals surface area contributed by atoms with Crippen molar-refractivity contribution in [3.8, 4) is 5.75 Å². The summed E-state index contributed by atoms with van der Waals surface area (Å²) in [5.74, 6) is 0.462. The van der Waals surface area contributed by atoms with Gasteiger partial charge in [-0.1, -0.05) is 37.6 Å². The number of ether oxygens (including phenoxy) is 1. The van der Waals surface area contributed by atoms with Crippen molar-refractivity contribution in [1.29, 1.82) is 0 Å². The van der Waals surface area contributed by atoms with Gasteiger partial charge in [0, 0.05) is 17.3 Å². The maximum Gasteiger partial charge on any atom is 0.196 e. The highest BCUT2D eigenvalue weighted by Crippen LogP contribution is 2.24. The predicted molar refractivity (Wildman–Crippen MR) is 85.9 cm³/mol. The molecule has 0 aromatic heterocycles. The number of nitrogens with two attached hydrogens (primary N) is 1. The molecule has 2 rings (SSSR count). The first-order valence-corrected chi connectivity index (χ1v) is 7.23. The number of hydrogen-bond acceptors (Lipinski definition) is 3. The fourth-order valence-electron chi connectivity index (χ4n) is 2.25. The summed E-state index contributed by atoms with van der Waals surface area (Å²) in [6.07, 6.45) is 3.39. The van der Waals surface area contributed by atoms with Crippen LogP contribution in [0.1, 0.15) is 41.3 Å². The summed E-state index contributed by atoms with van der Waals surface area (Å²) in [5, 5.41) is 0. The van der Waals surface area contributed by atoms with Gasteiger partial charge >= 0.3 is 0 Å². The summed E-state index contributed by atoms with van der Waals surface area (Å²) in [6, 6.07) is 12.9. The number of aryl methyl sites for hydroxylation is 1. The molecule has 0 saturated heterocycles. The number of carbonyl (C=O) groups excluding carboxylic acids is 1. The van der Waals surface area contributed by atoms with E-state index in [1.165, 1.54) is 18.4 Å². The second-order valence-corrected chi connectivity index (χ2v) is 5.09. The second-order valence-electron chi connectivity index (χ2n) is 5.09. The summed E-state index contributed by atoms with van der Waals surface area (Å²) in [6.45, 7) is 2.17. The number of unbranched alkanes of at least 4 members (excludes halogenated alkanes) is 1. The van der Waals surface area contributed by atoms with Crippen LogP contribution in [0.2, 0.25) is 0 Å². The Bertz CT molecular complexity index is 618. The molecule has 110 valence electrons. The fourth-order valence-corrected chi connectivity index (χ4v) is 2.25. The maximum atomic E-state index is 12.5. The Labute approximate surface area is 125 Å². The normalized spacial score (nSPS) is 10.4. The van der Waals surface area contributed by atoms with Crippen molar-refractivity contribution in [3.63, 3.8) is 0 Å². The van der Waals surface area contributed by atoms with Gasteiger partial charge in [-0.15, -0.1) is 0 Å². The third-order valence-electron chi connectivity index (χ3n) is 3.51. The minimum atomic E-state index is -0.0473. The van der Waals surface area contributed by atoms with Crippen molar-refractivity contribution in [2.75, 3.05) is 12.8 Å². The molecule has 3 nitrogen and oxygen atoms in total. The van der Waals surface area contributed by atoms with Crippen LogP contribution in [0.25, 0.3) is 0 Å². The highest BCUT2D eigenvalue weighted by molar-refractivity contribution is 6.10. The van der Waals surface area contributed by atoms with Crippen molar-refractivity contribution >= 4 is 11.5 Å². The van der Waals surface area contributed by atoms with Gasteiger partial charge in [0.05, 0.1) is 12.7 Å². The van der Waals surface area contributed by atoms with Crippen molar-refractivity contribution < 1.29 is 9.53 Å². The molecule has 2 aromatic carbocycles. The van der Waals surface area contributed by atoms with Crippen LogP contribution >= 0.6 is 0 Å². The van der Waals surface area contributed by atoms with Crippen LogP contribution in [0, 0.1) is 0 Å². The lowest BCUT2D eigenvalue weighted by Crippen LogP contribution is -2.04. The average molecular weight is 283 g/mol. The zero-order chi connectivity index (χ0) is 15.2. The number of benzene rings is 2. The molecule has 2 N–H and O–H groups in total. The topological polar surface area (TPSA) is 52.3 Å². The summed E-state index contributed by atoms with van der Waals surface area (Å²) >= 11 is 0. The summed E-state index contributed by atoms with van der Waals surface area (Å²) in [5.41, 5.74) is 8.76. The number of anilines is 1. The molecule has 0 unspecified atom stereocenters. The molecule has 0 aliphatic rings. The van der Waals surface area contributed by atoms with E-state index in [1.807, 2.05) is 24.3 Å². The first-order chi connectivity index (χ1) is 10.2. The first-order valence-electron chi connectivity index (χ1n) is 7.23. The quantitative estimate of drug-likeness (QED) is 0.647. The molecular formula is C18H21NO2. The van der Waals surface area contributed by atoms with E-state index in [4.69, 9.17) is 10.5 Å². The standard InChI is InChI=1S/C18H21NO2/c1-3-4-5-13-6-8-14(9-7-13)18(20)16-11-10-15(19)12-17(16)21-2/h6-12H,3-5,19H2,1-2H3. The Kier molecular flexibility index (Phi) is 4.99. The molecule has 0 aliphatic carbocycles. The van der Waals surface area contributed by atoms with Gasteiger partial charge in [0.15, 0.2) is 5.78 Å².